The zero-order valence-corrected chi connectivity index (χ0v) is 19.7. The van der Waals surface area contributed by atoms with Crippen LogP contribution in [0.1, 0.15) is 31.0 Å². The third kappa shape index (κ3) is 4.92. The molecule has 1 N–H and O–H groups in total. The number of carbonyl (C=O) groups excluding carboxylic acids is 1. The molecule has 4 rings (SSSR count). The van der Waals surface area contributed by atoms with Crippen LogP contribution in [-0.4, -0.2) is 33.9 Å². The maximum Gasteiger partial charge on any atom is 0.338 e. The standard InChI is InChI=1S/C25H25ClN4O4/c1-4-12-33-24(31)22-16(3)29-25-27-15-28-30(25)23(22)18-8-11-20(21(13-18)32-5-2)34-14-17-6-9-19(26)10-7-17/h4,6-11,13,15,23H,1,5,12,14H2,2-3H3,(H,27,28,29). The number of benzene rings is 2. The van der Waals surface area contributed by atoms with Crippen LogP contribution in [0, 0.1) is 0 Å². The summed E-state index contributed by atoms with van der Waals surface area (Å²) in [6.45, 7) is 8.23. The summed E-state index contributed by atoms with van der Waals surface area (Å²) < 4.78 is 18.9. The summed E-state index contributed by atoms with van der Waals surface area (Å²) in [6.07, 6.45) is 2.97. The second-order valence-electron chi connectivity index (χ2n) is 7.54. The molecule has 1 aliphatic rings. The Balaban J connectivity index is 1.68. The Morgan fingerprint density at radius 2 is 2.00 bits per heavy atom. The van der Waals surface area contributed by atoms with Crippen molar-refractivity contribution in [3.63, 3.8) is 0 Å². The van der Waals surface area contributed by atoms with Crippen molar-refractivity contribution in [2.45, 2.75) is 26.5 Å². The number of rotatable bonds is 9. The van der Waals surface area contributed by atoms with Crippen LogP contribution in [0.3, 0.4) is 0 Å². The molecule has 2 aromatic carbocycles. The summed E-state index contributed by atoms with van der Waals surface area (Å²) in [5.74, 6) is 1.22. The first kappa shape index (κ1) is 23.4. The molecule has 3 aromatic rings. The normalized spacial score (nSPS) is 14.7. The number of fused-ring (bicyclic) bond motifs is 1. The van der Waals surface area contributed by atoms with Gasteiger partial charge in [0.2, 0.25) is 5.95 Å². The Morgan fingerprint density at radius 3 is 2.74 bits per heavy atom. The van der Waals surface area contributed by atoms with Gasteiger partial charge >= 0.3 is 5.97 Å². The molecule has 0 saturated heterocycles. The minimum Gasteiger partial charge on any atom is -0.490 e. The minimum absolute atomic E-state index is 0.105. The van der Waals surface area contributed by atoms with E-state index in [4.69, 9.17) is 25.8 Å². The van der Waals surface area contributed by atoms with Gasteiger partial charge in [0.25, 0.3) is 0 Å². The summed E-state index contributed by atoms with van der Waals surface area (Å²) in [4.78, 5) is 17.2. The third-order valence-corrected chi connectivity index (χ3v) is 5.49. The molecule has 1 aliphatic heterocycles. The van der Waals surface area contributed by atoms with Crippen LogP contribution in [0.15, 0.2) is 72.7 Å². The molecule has 1 aromatic heterocycles. The number of allylic oxidation sites excluding steroid dienone is 1. The van der Waals surface area contributed by atoms with Gasteiger partial charge in [-0.2, -0.15) is 10.1 Å². The molecule has 0 fully saturated rings. The zero-order valence-electron chi connectivity index (χ0n) is 19.0. The Kier molecular flexibility index (Phi) is 7.18. The predicted octanol–water partition coefficient (Wildman–Crippen LogP) is 4.93. The fourth-order valence-corrected chi connectivity index (χ4v) is 3.83. The molecule has 1 unspecified atom stereocenters. The van der Waals surface area contributed by atoms with Crippen molar-refractivity contribution < 1.29 is 19.0 Å². The molecule has 0 bridgehead atoms. The number of hydrogen-bond donors (Lipinski definition) is 1. The first-order valence-corrected chi connectivity index (χ1v) is 11.2. The molecule has 0 spiro atoms. The average molecular weight is 481 g/mol. The van der Waals surface area contributed by atoms with Crippen LogP contribution in [0.2, 0.25) is 5.02 Å². The fourth-order valence-electron chi connectivity index (χ4n) is 3.70. The number of esters is 1. The Bertz CT molecular complexity index is 1220. The van der Waals surface area contributed by atoms with Crippen LogP contribution in [0.5, 0.6) is 11.5 Å². The Labute approximate surface area is 202 Å². The van der Waals surface area contributed by atoms with Crippen molar-refractivity contribution in [2.24, 2.45) is 0 Å². The number of hydrogen-bond acceptors (Lipinski definition) is 7. The van der Waals surface area contributed by atoms with E-state index in [0.29, 0.717) is 47.0 Å². The lowest BCUT2D eigenvalue weighted by Crippen LogP contribution is -2.29. The second-order valence-corrected chi connectivity index (χ2v) is 7.97. The predicted molar refractivity (Wildman–Crippen MR) is 129 cm³/mol. The molecular formula is C25H25ClN4O4. The Hall–Kier alpha value is -3.78. The fraction of sp³-hybridized carbons (Fsp3) is 0.240. The van der Waals surface area contributed by atoms with E-state index in [1.54, 1.807) is 4.68 Å². The summed E-state index contributed by atoms with van der Waals surface area (Å²) in [5, 5.41) is 8.13. The topological polar surface area (TPSA) is 87.5 Å². The first-order chi connectivity index (χ1) is 16.5. The number of ether oxygens (including phenoxy) is 3. The van der Waals surface area contributed by atoms with Gasteiger partial charge in [0.1, 0.15) is 25.6 Å². The van der Waals surface area contributed by atoms with E-state index in [9.17, 15) is 4.79 Å². The van der Waals surface area contributed by atoms with Crippen molar-refractivity contribution in [1.82, 2.24) is 14.8 Å². The van der Waals surface area contributed by atoms with Crippen molar-refractivity contribution in [1.29, 1.82) is 0 Å². The molecule has 2 heterocycles. The van der Waals surface area contributed by atoms with E-state index < -0.39 is 12.0 Å². The van der Waals surface area contributed by atoms with Crippen molar-refractivity contribution in [2.75, 3.05) is 18.5 Å². The van der Waals surface area contributed by atoms with Crippen molar-refractivity contribution in [3.8, 4) is 11.5 Å². The van der Waals surface area contributed by atoms with Gasteiger partial charge in [-0.05, 0) is 49.2 Å². The van der Waals surface area contributed by atoms with E-state index in [2.05, 4.69) is 22.0 Å². The molecule has 0 aliphatic carbocycles. The molecule has 34 heavy (non-hydrogen) atoms. The van der Waals surface area contributed by atoms with Crippen LogP contribution >= 0.6 is 11.6 Å². The van der Waals surface area contributed by atoms with Gasteiger partial charge in [-0.1, -0.05) is 42.5 Å². The van der Waals surface area contributed by atoms with Crippen LogP contribution in [0.25, 0.3) is 0 Å². The monoisotopic (exact) mass is 480 g/mol. The smallest absolute Gasteiger partial charge is 0.338 e. The van der Waals surface area contributed by atoms with Gasteiger partial charge in [0.05, 0.1) is 12.2 Å². The lowest BCUT2D eigenvalue weighted by atomic mass is 9.95. The highest BCUT2D eigenvalue weighted by Crippen LogP contribution is 2.39. The van der Waals surface area contributed by atoms with Crippen LogP contribution in [-0.2, 0) is 16.1 Å². The largest absolute Gasteiger partial charge is 0.490 e. The number of carbonyl (C=O) groups is 1. The molecule has 8 nitrogen and oxygen atoms in total. The quantitative estimate of drug-likeness (QED) is 0.343. The number of nitrogens with one attached hydrogen (secondary N) is 1. The maximum atomic E-state index is 12.9. The van der Waals surface area contributed by atoms with Gasteiger partial charge in [-0.3, -0.25) is 0 Å². The second kappa shape index (κ2) is 10.4. The first-order valence-electron chi connectivity index (χ1n) is 10.8. The zero-order chi connectivity index (χ0) is 24.1. The van der Waals surface area contributed by atoms with Gasteiger partial charge in [-0.25, -0.2) is 9.48 Å². The number of anilines is 1. The van der Waals surface area contributed by atoms with E-state index >= 15 is 0 Å². The molecule has 0 amide bonds. The van der Waals surface area contributed by atoms with Gasteiger partial charge in [-0.15, -0.1) is 0 Å². The Morgan fingerprint density at radius 1 is 1.21 bits per heavy atom. The highest BCUT2D eigenvalue weighted by molar-refractivity contribution is 6.30. The van der Waals surface area contributed by atoms with E-state index in [1.807, 2.05) is 56.3 Å². The molecule has 176 valence electrons. The van der Waals surface area contributed by atoms with Crippen LogP contribution in [0.4, 0.5) is 5.95 Å². The highest BCUT2D eigenvalue weighted by atomic mass is 35.5. The molecule has 1 atom stereocenters. The number of halogens is 1. The lowest BCUT2D eigenvalue weighted by molar-refractivity contribution is -0.138. The highest BCUT2D eigenvalue weighted by Gasteiger charge is 2.34. The third-order valence-electron chi connectivity index (χ3n) is 5.24. The summed E-state index contributed by atoms with van der Waals surface area (Å²) in [5.41, 5.74) is 2.82. The van der Waals surface area contributed by atoms with Gasteiger partial charge in [0, 0.05) is 10.7 Å². The van der Waals surface area contributed by atoms with Gasteiger partial charge in [0.15, 0.2) is 11.5 Å². The van der Waals surface area contributed by atoms with Crippen molar-refractivity contribution >= 4 is 23.5 Å². The molecule has 0 radical (unpaired) electrons. The van der Waals surface area contributed by atoms with E-state index in [0.717, 1.165) is 11.1 Å². The summed E-state index contributed by atoms with van der Waals surface area (Å²) in [6, 6.07) is 12.5. The molecular weight excluding hydrogens is 456 g/mol. The SMILES string of the molecule is C=CCOC(=O)C1=C(C)Nc2ncnn2C1c1ccc(OCc2ccc(Cl)cc2)c(OCC)c1. The van der Waals surface area contributed by atoms with E-state index in [-0.39, 0.29) is 6.61 Å². The number of nitrogens with zero attached hydrogens (tertiary/aromatic N) is 3. The number of aromatic nitrogens is 3. The summed E-state index contributed by atoms with van der Waals surface area (Å²) in [7, 11) is 0. The van der Waals surface area contributed by atoms with Crippen LogP contribution < -0.4 is 14.8 Å². The van der Waals surface area contributed by atoms with E-state index in [1.165, 1.54) is 12.4 Å². The summed E-state index contributed by atoms with van der Waals surface area (Å²) >= 11 is 5.97. The molecule has 0 saturated carbocycles. The lowest BCUT2D eigenvalue weighted by Gasteiger charge is -2.28. The van der Waals surface area contributed by atoms with Gasteiger partial charge < -0.3 is 19.5 Å². The minimum atomic E-state index is -0.555. The maximum absolute atomic E-state index is 12.9. The average Bonchev–Trinajstić information content (AvgIpc) is 3.30. The molecule has 9 heteroatoms. The van der Waals surface area contributed by atoms with Crippen molar-refractivity contribution in [3.05, 3.63) is 88.9 Å².